The van der Waals surface area contributed by atoms with Crippen LogP contribution < -0.4 is 0 Å². The van der Waals surface area contributed by atoms with E-state index < -0.39 is 0 Å². The van der Waals surface area contributed by atoms with Crippen molar-refractivity contribution in [1.82, 2.24) is 14.7 Å². The summed E-state index contributed by atoms with van der Waals surface area (Å²) in [5.74, 6) is 0.988. The SMILES string of the molecule is CCCCC(CCCC)C[C@H]1CCCN1CCCCN1CCN(C(C)CCC)CC1. The number of hydrogen-bond acceptors (Lipinski definition) is 3. The summed E-state index contributed by atoms with van der Waals surface area (Å²) in [7, 11) is 0. The van der Waals surface area contributed by atoms with Gasteiger partial charge in [0.25, 0.3) is 0 Å². The first-order valence-corrected chi connectivity index (χ1v) is 13.9. The molecule has 0 aromatic heterocycles. The normalized spacial score (nSPS) is 22.9. The molecule has 2 fully saturated rings. The monoisotopic (exact) mass is 421 g/mol. The second kappa shape index (κ2) is 15.6. The van der Waals surface area contributed by atoms with Crippen molar-refractivity contribution in [2.45, 2.75) is 123 Å². The lowest BCUT2D eigenvalue weighted by Crippen LogP contribution is -2.49. The quantitative estimate of drug-likeness (QED) is 0.266. The summed E-state index contributed by atoms with van der Waals surface area (Å²) in [6.45, 7) is 18.6. The molecule has 0 amide bonds. The fraction of sp³-hybridized carbons (Fsp3) is 1.00. The van der Waals surface area contributed by atoms with Crippen molar-refractivity contribution in [3.63, 3.8) is 0 Å². The van der Waals surface area contributed by atoms with Crippen molar-refractivity contribution in [3.05, 3.63) is 0 Å². The van der Waals surface area contributed by atoms with Gasteiger partial charge in [0.05, 0.1) is 0 Å². The van der Waals surface area contributed by atoms with Crippen molar-refractivity contribution in [2.24, 2.45) is 5.92 Å². The number of nitrogens with zero attached hydrogens (tertiary/aromatic N) is 3. The third kappa shape index (κ3) is 9.57. The van der Waals surface area contributed by atoms with Crippen LogP contribution in [0.25, 0.3) is 0 Å². The first kappa shape index (κ1) is 26.1. The minimum atomic E-state index is 0.780. The van der Waals surface area contributed by atoms with Crippen LogP contribution in [0.2, 0.25) is 0 Å². The molecule has 2 saturated heterocycles. The van der Waals surface area contributed by atoms with E-state index in [1.54, 1.807) is 0 Å². The summed E-state index contributed by atoms with van der Waals surface area (Å²) in [6.07, 6.45) is 18.4. The van der Waals surface area contributed by atoms with Crippen molar-refractivity contribution < 1.29 is 0 Å². The number of piperazine rings is 1. The highest BCUT2D eigenvalue weighted by Crippen LogP contribution is 2.29. The maximum atomic E-state index is 2.87. The standard InChI is InChI=1S/C27H55N3/c1-5-8-14-26(15-9-6-2)24-27-16-12-19-30(27)18-11-10-17-28-20-22-29(23-21-28)25(4)13-7-3/h25-27H,5-24H2,1-4H3/t25?,27-/m1/s1. The molecular formula is C27H55N3. The van der Waals surface area contributed by atoms with Crippen LogP contribution in [-0.4, -0.2) is 72.6 Å². The Balaban J connectivity index is 1.62. The fourth-order valence-corrected chi connectivity index (χ4v) is 5.89. The van der Waals surface area contributed by atoms with Crippen LogP contribution in [0.4, 0.5) is 0 Å². The van der Waals surface area contributed by atoms with Crippen molar-refractivity contribution >= 4 is 0 Å². The zero-order chi connectivity index (χ0) is 21.6. The van der Waals surface area contributed by atoms with Gasteiger partial charge >= 0.3 is 0 Å². The average Bonchev–Trinajstić information content (AvgIpc) is 3.20. The predicted molar refractivity (Wildman–Crippen MR) is 133 cm³/mol. The molecule has 178 valence electrons. The van der Waals surface area contributed by atoms with Gasteiger partial charge in [-0.15, -0.1) is 0 Å². The Bertz CT molecular complexity index is 397. The molecule has 2 aliphatic heterocycles. The zero-order valence-corrected chi connectivity index (χ0v) is 21.2. The van der Waals surface area contributed by atoms with E-state index in [0.29, 0.717) is 0 Å². The summed E-state index contributed by atoms with van der Waals surface area (Å²) in [5.41, 5.74) is 0. The number of rotatable bonds is 16. The smallest absolute Gasteiger partial charge is 0.0113 e. The van der Waals surface area contributed by atoms with Gasteiger partial charge in [-0.2, -0.15) is 0 Å². The van der Waals surface area contributed by atoms with Gasteiger partial charge < -0.3 is 9.80 Å². The van der Waals surface area contributed by atoms with Crippen LogP contribution in [0, 0.1) is 5.92 Å². The summed E-state index contributed by atoms with van der Waals surface area (Å²) in [6, 6.07) is 1.68. The molecule has 0 aromatic rings. The van der Waals surface area contributed by atoms with E-state index in [1.165, 1.54) is 129 Å². The van der Waals surface area contributed by atoms with Gasteiger partial charge in [-0.1, -0.05) is 65.7 Å². The lowest BCUT2D eigenvalue weighted by molar-refractivity contribution is 0.0963. The number of unbranched alkanes of at least 4 members (excludes halogenated alkanes) is 3. The third-order valence-corrected chi connectivity index (χ3v) is 7.94. The van der Waals surface area contributed by atoms with E-state index in [2.05, 4.69) is 42.4 Å². The van der Waals surface area contributed by atoms with Crippen LogP contribution in [-0.2, 0) is 0 Å². The van der Waals surface area contributed by atoms with E-state index in [4.69, 9.17) is 0 Å². The topological polar surface area (TPSA) is 9.72 Å². The number of hydrogen-bond donors (Lipinski definition) is 0. The van der Waals surface area contributed by atoms with Crippen LogP contribution in [0.5, 0.6) is 0 Å². The molecule has 0 bridgehead atoms. The van der Waals surface area contributed by atoms with E-state index in [-0.39, 0.29) is 0 Å². The Kier molecular flexibility index (Phi) is 13.6. The van der Waals surface area contributed by atoms with Crippen molar-refractivity contribution in [3.8, 4) is 0 Å². The molecule has 0 aliphatic carbocycles. The van der Waals surface area contributed by atoms with E-state index in [1.807, 2.05) is 0 Å². The van der Waals surface area contributed by atoms with E-state index in [9.17, 15) is 0 Å². The molecule has 0 aromatic carbocycles. The largest absolute Gasteiger partial charge is 0.301 e. The first-order chi connectivity index (χ1) is 14.7. The molecule has 3 heteroatoms. The number of likely N-dealkylation sites (tertiary alicyclic amines) is 1. The second-order valence-corrected chi connectivity index (χ2v) is 10.4. The molecule has 2 atom stereocenters. The van der Waals surface area contributed by atoms with Gasteiger partial charge in [-0.3, -0.25) is 4.90 Å². The van der Waals surface area contributed by atoms with Gasteiger partial charge in [0.1, 0.15) is 0 Å². The van der Waals surface area contributed by atoms with Gasteiger partial charge in [0, 0.05) is 38.3 Å². The van der Waals surface area contributed by atoms with Crippen LogP contribution in [0.15, 0.2) is 0 Å². The summed E-state index contributed by atoms with van der Waals surface area (Å²) >= 11 is 0. The lowest BCUT2D eigenvalue weighted by Gasteiger charge is -2.38. The summed E-state index contributed by atoms with van der Waals surface area (Å²) in [4.78, 5) is 8.31. The Morgan fingerprint density at radius 3 is 2.03 bits per heavy atom. The minimum absolute atomic E-state index is 0.780. The van der Waals surface area contributed by atoms with Gasteiger partial charge in [0.2, 0.25) is 0 Å². The van der Waals surface area contributed by atoms with Crippen molar-refractivity contribution in [2.75, 3.05) is 45.8 Å². The molecule has 3 nitrogen and oxygen atoms in total. The Hall–Kier alpha value is -0.120. The maximum absolute atomic E-state index is 2.87. The fourth-order valence-electron chi connectivity index (χ4n) is 5.89. The minimum Gasteiger partial charge on any atom is -0.301 e. The molecule has 2 heterocycles. The van der Waals surface area contributed by atoms with Crippen LogP contribution in [0.3, 0.4) is 0 Å². The molecule has 1 unspecified atom stereocenters. The zero-order valence-electron chi connectivity index (χ0n) is 21.2. The Labute approximate surface area is 189 Å². The molecule has 0 N–H and O–H groups in total. The molecule has 2 rings (SSSR count). The van der Waals surface area contributed by atoms with E-state index in [0.717, 1.165) is 18.0 Å². The highest BCUT2D eigenvalue weighted by Gasteiger charge is 2.26. The molecule has 30 heavy (non-hydrogen) atoms. The highest BCUT2D eigenvalue weighted by molar-refractivity contribution is 4.82. The molecule has 0 spiro atoms. The Morgan fingerprint density at radius 1 is 0.733 bits per heavy atom. The first-order valence-electron chi connectivity index (χ1n) is 13.9. The summed E-state index contributed by atoms with van der Waals surface area (Å²) in [5, 5.41) is 0. The van der Waals surface area contributed by atoms with Crippen LogP contribution >= 0.6 is 0 Å². The second-order valence-electron chi connectivity index (χ2n) is 10.4. The molecular weight excluding hydrogens is 366 g/mol. The molecule has 0 radical (unpaired) electrons. The lowest BCUT2D eigenvalue weighted by atomic mass is 9.89. The average molecular weight is 422 g/mol. The summed E-state index contributed by atoms with van der Waals surface area (Å²) < 4.78 is 0. The highest BCUT2D eigenvalue weighted by atomic mass is 15.3. The molecule has 2 aliphatic rings. The van der Waals surface area contributed by atoms with Gasteiger partial charge in [-0.25, -0.2) is 0 Å². The van der Waals surface area contributed by atoms with Gasteiger partial charge in [0.15, 0.2) is 0 Å². The van der Waals surface area contributed by atoms with Crippen molar-refractivity contribution in [1.29, 1.82) is 0 Å². The third-order valence-electron chi connectivity index (χ3n) is 7.94. The van der Waals surface area contributed by atoms with Gasteiger partial charge in [-0.05, 0) is 71.0 Å². The Morgan fingerprint density at radius 2 is 1.40 bits per heavy atom. The molecule has 0 saturated carbocycles. The maximum Gasteiger partial charge on any atom is 0.0113 e. The predicted octanol–water partition coefficient (Wildman–Crippen LogP) is 6.42. The van der Waals surface area contributed by atoms with Crippen LogP contribution in [0.1, 0.15) is 111 Å². The van der Waals surface area contributed by atoms with E-state index >= 15 is 0 Å².